The molecule has 4 rings (SSSR count). The molecule has 0 atom stereocenters. The Balaban J connectivity index is 1.52. The third-order valence-electron chi connectivity index (χ3n) is 4.33. The highest BCUT2D eigenvalue weighted by Crippen LogP contribution is 2.35. The van der Waals surface area contributed by atoms with Crippen LogP contribution in [0, 0.1) is 11.3 Å². The van der Waals surface area contributed by atoms with E-state index in [9.17, 15) is 5.11 Å². The Hall–Kier alpha value is -2.64. The van der Waals surface area contributed by atoms with Crippen LogP contribution in [0.25, 0.3) is 16.1 Å². The molecule has 0 radical (unpaired) electrons. The Kier molecular flexibility index (Phi) is 5.19. The molecule has 0 saturated carbocycles. The van der Waals surface area contributed by atoms with Crippen LogP contribution >= 0.6 is 22.7 Å². The Labute approximate surface area is 172 Å². The van der Waals surface area contributed by atoms with E-state index in [2.05, 4.69) is 18.8 Å². The molecule has 0 amide bonds. The number of anilines is 1. The van der Waals surface area contributed by atoms with E-state index in [0.29, 0.717) is 23.1 Å². The van der Waals surface area contributed by atoms with Gasteiger partial charge in [0.1, 0.15) is 22.4 Å². The molecule has 0 saturated heterocycles. The van der Waals surface area contributed by atoms with E-state index in [1.807, 2.05) is 47.2 Å². The molecular weight excluding hydrogens is 390 g/mol. The second-order valence-electron chi connectivity index (χ2n) is 6.97. The van der Waals surface area contributed by atoms with E-state index in [-0.39, 0.29) is 18.1 Å². The summed E-state index contributed by atoms with van der Waals surface area (Å²) < 4.78 is 5.72. The number of thiazole rings is 1. The van der Waals surface area contributed by atoms with Gasteiger partial charge in [-0.1, -0.05) is 19.9 Å². The zero-order valence-corrected chi connectivity index (χ0v) is 17.3. The lowest BCUT2D eigenvalue weighted by Gasteiger charge is -2.19. The number of aliphatic hydroxyl groups excluding tert-OH is 1. The number of aliphatic hydroxyl groups is 1. The first-order valence-electron chi connectivity index (χ1n) is 9.04. The molecule has 2 N–H and O–H groups in total. The van der Waals surface area contributed by atoms with Crippen molar-refractivity contribution < 1.29 is 9.84 Å². The molecule has 2 aromatic heterocycles. The van der Waals surface area contributed by atoms with Gasteiger partial charge in [0.25, 0.3) is 0 Å². The molecule has 1 aromatic carbocycles. The van der Waals surface area contributed by atoms with Crippen molar-refractivity contribution in [2.75, 3.05) is 18.1 Å². The third kappa shape index (κ3) is 3.68. The average molecular weight is 412 g/mol. The maximum atomic E-state index is 10.5. The summed E-state index contributed by atoms with van der Waals surface area (Å²) in [6.07, 6.45) is 0. The van der Waals surface area contributed by atoms with Crippen LogP contribution < -0.4 is 9.64 Å². The summed E-state index contributed by atoms with van der Waals surface area (Å²) in [5, 5.41) is 23.8. The first-order chi connectivity index (χ1) is 13.5. The zero-order chi connectivity index (χ0) is 19.7. The molecule has 28 heavy (non-hydrogen) atoms. The van der Waals surface area contributed by atoms with E-state index in [1.165, 1.54) is 11.3 Å². The summed E-state index contributed by atoms with van der Waals surface area (Å²) in [5.41, 5.74) is 2.24. The second kappa shape index (κ2) is 7.77. The molecule has 0 bridgehead atoms. The van der Waals surface area contributed by atoms with Crippen LogP contribution in [0.1, 0.15) is 18.9 Å². The average Bonchev–Trinajstić information content (AvgIpc) is 3.41. The monoisotopic (exact) mass is 411 g/mol. The minimum atomic E-state index is 0.178. The van der Waals surface area contributed by atoms with Gasteiger partial charge in [0, 0.05) is 11.1 Å². The number of hydrogen-bond acceptors (Lipinski definition) is 6. The van der Waals surface area contributed by atoms with Crippen LogP contribution in [-0.4, -0.2) is 29.1 Å². The van der Waals surface area contributed by atoms with Crippen molar-refractivity contribution in [1.29, 1.82) is 5.41 Å². The Morgan fingerprint density at radius 2 is 2.00 bits per heavy atom. The van der Waals surface area contributed by atoms with Crippen LogP contribution in [-0.2, 0) is 0 Å². The van der Waals surface area contributed by atoms with Crippen LogP contribution in [0.5, 0.6) is 5.75 Å². The number of benzene rings is 1. The van der Waals surface area contributed by atoms with Crippen molar-refractivity contribution in [3.05, 3.63) is 57.9 Å². The standard InChI is InChI=1S/C21H21N3O2S2/c1-13(2)11-26-15-7-5-14(6-8-15)24-10-17(25)19(20(24)22)21-23-16(12-28-21)18-4-3-9-27-18/h3-9,12-13,22,25H,10-11H2,1-2H3. The molecule has 0 unspecified atom stereocenters. The van der Waals surface area contributed by atoms with E-state index < -0.39 is 0 Å². The van der Waals surface area contributed by atoms with Gasteiger partial charge < -0.3 is 14.7 Å². The zero-order valence-electron chi connectivity index (χ0n) is 15.7. The fourth-order valence-corrected chi connectivity index (χ4v) is 4.58. The quantitative estimate of drug-likeness (QED) is 0.548. The number of thiophene rings is 1. The van der Waals surface area contributed by atoms with Crippen molar-refractivity contribution in [3.8, 4) is 16.3 Å². The molecule has 0 spiro atoms. The number of rotatable bonds is 6. The summed E-state index contributed by atoms with van der Waals surface area (Å²) in [5.74, 6) is 1.71. The predicted octanol–water partition coefficient (Wildman–Crippen LogP) is 5.67. The van der Waals surface area contributed by atoms with E-state index in [0.717, 1.165) is 22.0 Å². The van der Waals surface area contributed by atoms with Crippen molar-refractivity contribution in [2.45, 2.75) is 13.8 Å². The van der Waals surface area contributed by atoms with E-state index in [1.54, 1.807) is 16.2 Å². The fourth-order valence-electron chi connectivity index (χ4n) is 2.94. The number of nitrogens with one attached hydrogen (secondary N) is 1. The van der Waals surface area contributed by atoms with Crippen molar-refractivity contribution in [2.24, 2.45) is 5.92 Å². The third-order valence-corrected chi connectivity index (χ3v) is 6.08. The van der Waals surface area contributed by atoms with Crippen LogP contribution in [0.3, 0.4) is 0 Å². The minimum Gasteiger partial charge on any atom is -0.510 e. The van der Waals surface area contributed by atoms with E-state index in [4.69, 9.17) is 10.1 Å². The maximum Gasteiger partial charge on any atom is 0.139 e. The molecule has 0 fully saturated rings. The Morgan fingerprint density at radius 1 is 1.21 bits per heavy atom. The molecule has 144 valence electrons. The van der Waals surface area contributed by atoms with Gasteiger partial charge in [0.15, 0.2) is 0 Å². The molecule has 5 nitrogen and oxygen atoms in total. The lowest BCUT2D eigenvalue weighted by molar-refractivity contribution is 0.271. The predicted molar refractivity (Wildman–Crippen MR) is 117 cm³/mol. The Morgan fingerprint density at radius 3 is 2.68 bits per heavy atom. The number of nitrogens with zero attached hydrogens (tertiary/aromatic N) is 2. The maximum absolute atomic E-state index is 10.5. The molecule has 1 aliphatic rings. The van der Waals surface area contributed by atoms with Crippen molar-refractivity contribution >= 4 is 39.8 Å². The normalized spacial score (nSPS) is 14.4. The van der Waals surface area contributed by atoms with Gasteiger partial charge in [-0.2, -0.15) is 0 Å². The second-order valence-corrected chi connectivity index (χ2v) is 8.78. The first kappa shape index (κ1) is 18.7. The smallest absolute Gasteiger partial charge is 0.139 e. The number of aromatic nitrogens is 1. The largest absolute Gasteiger partial charge is 0.510 e. The van der Waals surface area contributed by atoms with Gasteiger partial charge in [0.2, 0.25) is 0 Å². The number of amidine groups is 1. The number of ether oxygens (including phenoxy) is 1. The van der Waals surface area contributed by atoms with Gasteiger partial charge in [0.05, 0.1) is 29.3 Å². The first-order valence-corrected chi connectivity index (χ1v) is 10.8. The van der Waals surface area contributed by atoms with Crippen LogP contribution in [0.15, 0.2) is 52.9 Å². The molecule has 7 heteroatoms. The topological polar surface area (TPSA) is 69.4 Å². The summed E-state index contributed by atoms with van der Waals surface area (Å²) in [7, 11) is 0. The van der Waals surface area contributed by atoms with Gasteiger partial charge in [-0.3, -0.25) is 5.41 Å². The minimum absolute atomic E-state index is 0.178. The van der Waals surface area contributed by atoms with Crippen LogP contribution in [0.2, 0.25) is 0 Å². The van der Waals surface area contributed by atoms with E-state index >= 15 is 0 Å². The Bertz CT molecular complexity index is 1000. The van der Waals surface area contributed by atoms with Crippen molar-refractivity contribution in [3.63, 3.8) is 0 Å². The van der Waals surface area contributed by atoms with Gasteiger partial charge in [-0.05, 0) is 41.6 Å². The lowest BCUT2D eigenvalue weighted by atomic mass is 10.2. The molecule has 3 aromatic rings. The SMILES string of the molecule is CC(C)COc1ccc(N2CC(O)=C(c3nc(-c4cccs4)cs3)C2=N)cc1. The summed E-state index contributed by atoms with van der Waals surface area (Å²) in [6.45, 7) is 5.16. The highest BCUT2D eigenvalue weighted by atomic mass is 32.1. The highest BCUT2D eigenvalue weighted by Gasteiger charge is 2.31. The van der Waals surface area contributed by atoms with Crippen molar-refractivity contribution in [1.82, 2.24) is 4.98 Å². The lowest BCUT2D eigenvalue weighted by Crippen LogP contribution is -2.25. The summed E-state index contributed by atoms with van der Waals surface area (Å²) in [6, 6.07) is 11.6. The van der Waals surface area contributed by atoms with Gasteiger partial charge >= 0.3 is 0 Å². The molecule has 3 heterocycles. The van der Waals surface area contributed by atoms with Gasteiger partial charge in [-0.25, -0.2) is 4.98 Å². The summed E-state index contributed by atoms with van der Waals surface area (Å²) in [4.78, 5) is 7.51. The molecule has 0 aliphatic carbocycles. The fraction of sp³-hybridized carbons (Fsp3) is 0.238. The molecule has 1 aliphatic heterocycles. The van der Waals surface area contributed by atoms with Crippen LogP contribution in [0.4, 0.5) is 5.69 Å². The number of hydrogen-bond donors (Lipinski definition) is 2. The summed E-state index contributed by atoms with van der Waals surface area (Å²) >= 11 is 3.08. The highest BCUT2D eigenvalue weighted by molar-refractivity contribution is 7.14. The molecular formula is C21H21N3O2S2. The van der Waals surface area contributed by atoms with Gasteiger partial charge in [-0.15, -0.1) is 22.7 Å².